The van der Waals surface area contributed by atoms with Crippen molar-refractivity contribution in [3.05, 3.63) is 110 Å². The molecule has 3 heterocycles. The van der Waals surface area contributed by atoms with Gasteiger partial charge in [-0.2, -0.15) is 0 Å². The molecular weight excluding hydrogens is 400 g/mol. The van der Waals surface area contributed by atoms with Crippen LogP contribution in [0.5, 0.6) is 0 Å². The highest BCUT2D eigenvalue weighted by molar-refractivity contribution is 6.31. The predicted octanol–water partition coefficient (Wildman–Crippen LogP) is 4.90. The zero-order chi connectivity index (χ0) is 20.8. The highest BCUT2D eigenvalue weighted by atomic mass is 35.5. The lowest BCUT2D eigenvalue weighted by Gasteiger charge is -2.25. The van der Waals surface area contributed by atoms with Gasteiger partial charge in [0, 0.05) is 24.0 Å². The topological polar surface area (TPSA) is 63.4 Å². The summed E-state index contributed by atoms with van der Waals surface area (Å²) in [4.78, 5) is 32.6. The molecule has 0 saturated carbocycles. The normalized spacial score (nSPS) is 15.6. The highest BCUT2D eigenvalue weighted by Gasteiger charge is 2.42. The molecule has 2 aromatic heterocycles. The van der Waals surface area contributed by atoms with Gasteiger partial charge in [0.2, 0.25) is 5.76 Å². The lowest BCUT2D eigenvalue weighted by Crippen LogP contribution is -2.29. The SMILES string of the molecule is Cc1ccc([C@@H]2c3c(oc4ccc(Cl)cc4c3=O)C(=O)N2Cc2cccnc2)cc1. The number of amides is 1. The number of halogens is 1. The van der Waals surface area contributed by atoms with Crippen molar-refractivity contribution in [2.24, 2.45) is 0 Å². The first-order valence-corrected chi connectivity index (χ1v) is 9.93. The van der Waals surface area contributed by atoms with Crippen molar-refractivity contribution in [1.82, 2.24) is 9.88 Å². The molecule has 1 atom stereocenters. The van der Waals surface area contributed by atoms with Crippen LogP contribution in [0.4, 0.5) is 0 Å². The van der Waals surface area contributed by atoms with Crippen molar-refractivity contribution in [2.75, 3.05) is 0 Å². The molecule has 148 valence electrons. The minimum Gasteiger partial charge on any atom is -0.450 e. The molecule has 4 aromatic rings. The van der Waals surface area contributed by atoms with E-state index in [0.29, 0.717) is 28.1 Å². The number of fused-ring (bicyclic) bond motifs is 2. The number of pyridine rings is 1. The number of carbonyl (C=O) groups is 1. The van der Waals surface area contributed by atoms with E-state index in [1.54, 1.807) is 35.5 Å². The third kappa shape index (κ3) is 2.99. The lowest BCUT2D eigenvalue weighted by molar-refractivity contribution is 0.0714. The molecule has 6 heteroatoms. The summed E-state index contributed by atoms with van der Waals surface area (Å²) >= 11 is 6.11. The van der Waals surface area contributed by atoms with Crippen LogP contribution in [0.3, 0.4) is 0 Å². The van der Waals surface area contributed by atoms with Crippen LogP contribution in [0.1, 0.15) is 38.9 Å². The minimum atomic E-state index is -0.548. The first-order valence-electron chi connectivity index (χ1n) is 9.55. The van der Waals surface area contributed by atoms with E-state index < -0.39 is 6.04 Å². The molecule has 0 unspecified atom stereocenters. The Morgan fingerprint density at radius 1 is 1.10 bits per heavy atom. The van der Waals surface area contributed by atoms with Gasteiger partial charge in [0.25, 0.3) is 5.91 Å². The Labute approximate surface area is 177 Å². The molecule has 0 aliphatic carbocycles. The van der Waals surface area contributed by atoms with Gasteiger partial charge in [-0.25, -0.2) is 0 Å². The second-order valence-electron chi connectivity index (χ2n) is 7.42. The number of benzene rings is 2. The number of hydrogen-bond donors (Lipinski definition) is 0. The summed E-state index contributed by atoms with van der Waals surface area (Å²) in [7, 11) is 0. The first kappa shape index (κ1) is 18.6. The summed E-state index contributed by atoms with van der Waals surface area (Å²) in [5.74, 6) is -0.224. The molecule has 30 heavy (non-hydrogen) atoms. The van der Waals surface area contributed by atoms with Gasteiger partial charge in [0.15, 0.2) is 5.43 Å². The van der Waals surface area contributed by atoms with Gasteiger partial charge in [0.05, 0.1) is 17.0 Å². The van der Waals surface area contributed by atoms with Crippen molar-refractivity contribution in [1.29, 1.82) is 0 Å². The van der Waals surface area contributed by atoms with Gasteiger partial charge in [-0.05, 0) is 42.3 Å². The molecule has 0 radical (unpaired) electrons. The number of rotatable bonds is 3. The quantitative estimate of drug-likeness (QED) is 0.476. The fraction of sp³-hybridized carbons (Fsp3) is 0.125. The number of carbonyl (C=O) groups excluding carboxylic acids is 1. The predicted molar refractivity (Wildman–Crippen MR) is 115 cm³/mol. The highest BCUT2D eigenvalue weighted by Crippen LogP contribution is 2.39. The van der Waals surface area contributed by atoms with E-state index >= 15 is 0 Å². The Morgan fingerprint density at radius 3 is 2.63 bits per heavy atom. The van der Waals surface area contributed by atoms with E-state index in [1.165, 1.54) is 0 Å². The minimum absolute atomic E-state index is 0.0873. The molecule has 1 aliphatic rings. The molecule has 0 saturated heterocycles. The van der Waals surface area contributed by atoms with E-state index in [9.17, 15) is 9.59 Å². The van der Waals surface area contributed by atoms with E-state index in [2.05, 4.69) is 4.98 Å². The van der Waals surface area contributed by atoms with Gasteiger partial charge in [-0.15, -0.1) is 0 Å². The lowest BCUT2D eigenvalue weighted by atomic mass is 9.97. The standard InChI is InChI=1S/C24H17ClN2O3/c1-14-4-6-16(7-5-14)21-20-22(28)18-11-17(25)8-9-19(18)30-23(20)24(29)27(21)13-15-3-2-10-26-12-15/h2-12,21H,13H2,1H3/t21-/m1/s1. The maximum Gasteiger partial charge on any atom is 0.291 e. The van der Waals surface area contributed by atoms with Crippen molar-refractivity contribution in [3.63, 3.8) is 0 Å². The van der Waals surface area contributed by atoms with Crippen LogP contribution in [0.25, 0.3) is 11.0 Å². The first-order chi connectivity index (χ1) is 14.5. The van der Waals surface area contributed by atoms with Crippen LogP contribution in [-0.4, -0.2) is 15.8 Å². The summed E-state index contributed by atoms with van der Waals surface area (Å²) in [6, 6.07) is 15.9. The van der Waals surface area contributed by atoms with E-state index in [-0.39, 0.29) is 17.1 Å². The molecule has 0 bridgehead atoms. The van der Waals surface area contributed by atoms with Crippen LogP contribution in [0.15, 0.2) is 76.2 Å². The van der Waals surface area contributed by atoms with E-state index in [1.807, 2.05) is 43.3 Å². The van der Waals surface area contributed by atoms with Gasteiger partial charge >= 0.3 is 0 Å². The van der Waals surface area contributed by atoms with Crippen molar-refractivity contribution < 1.29 is 9.21 Å². The van der Waals surface area contributed by atoms with E-state index in [4.69, 9.17) is 16.0 Å². The fourth-order valence-corrected chi connectivity index (χ4v) is 4.11. The summed E-state index contributed by atoms with van der Waals surface area (Å²) in [5, 5.41) is 0.813. The zero-order valence-corrected chi connectivity index (χ0v) is 16.9. The van der Waals surface area contributed by atoms with Gasteiger partial charge < -0.3 is 9.32 Å². The van der Waals surface area contributed by atoms with Gasteiger partial charge in [0.1, 0.15) is 5.58 Å². The molecule has 0 spiro atoms. The van der Waals surface area contributed by atoms with Crippen LogP contribution < -0.4 is 5.43 Å². The number of aryl methyl sites for hydroxylation is 1. The molecule has 1 amide bonds. The Balaban J connectivity index is 1.74. The molecule has 5 nitrogen and oxygen atoms in total. The third-order valence-electron chi connectivity index (χ3n) is 5.40. The van der Waals surface area contributed by atoms with Crippen LogP contribution in [0, 0.1) is 6.92 Å². The average Bonchev–Trinajstić information content (AvgIpc) is 3.02. The number of aromatic nitrogens is 1. The summed E-state index contributed by atoms with van der Waals surface area (Å²) < 4.78 is 5.93. The second-order valence-corrected chi connectivity index (χ2v) is 7.86. The van der Waals surface area contributed by atoms with Crippen LogP contribution in [0.2, 0.25) is 5.02 Å². The largest absolute Gasteiger partial charge is 0.450 e. The summed E-state index contributed by atoms with van der Waals surface area (Å²) in [5.41, 5.74) is 3.28. The van der Waals surface area contributed by atoms with Crippen molar-refractivity contribution in [3.8, 4) is 0 Å². The molecule has 1 aliphatic heterocycles. The second kappa shape index (κ2) is 7.11. The van der Waals surface area contributed by atoms with Crippen molar-refractivity contribution >= 4 is 28.5 Å². The van der Waals surface area contributed by atoms with E-state index in [0.717, 1.165) is 16.7 Å². The monoisotopic (exact) mass is 416 g/mol. The Morgan fingerprint density at radius 2 is 1.90 bits per heavy atom. The van der Waals surface area contributed by atoms with Crippen LogP contribution in [-0.2, 0) is 6.54 Å². The van der Waals surface area contributed by atoms with Gasteiger partial charge in [-0.3, -0.25) is 14.6 Å². The molecule has 0 N–H and O–H groups in total. The maximum atomic E-state index is 13.5. The third-order valence-corrected chi connectivity index (χ3v) is 5.63. The van der Waals surface area contributed by atoms with Crippen molar-refractivity contribution in [2.45, 2.75) is 19.5 Å². The number of nitrogens with zero attached hydrogens (tertiary/aromatic N) is 2. The summed E-state index contributed by atoms with van der Waals surface area (Å²) in [6.45, 7) is 2.31. The maximum absolute atomic E-state index is 13.5. The number of hydrogen-bond acceptors (Lipinski definition) is 4. The smallest absolute Gasteiger partial charge is 0.291 e. The molecular formula is C24H17ClN2O3. The summed E-state index contributed by atoms with van der Waals surface area (Å²) in [6.07, 6.45) is 3.40. The Hall–Kier alpha value is -3.44. The fourth-order valence-electron chi connectivity index (χ4n) is 3.94. The Kier molecular flexibility index (Phi) is 4.40. The zero-order valence-electron chi connectivity index (χ0n) is 16.1. The molecule has 2 aromatic carbocycles. The Bertz CT molecular complexity index is 1330. The van der Waals surface area contributed by atoms with Gasteiger partial charge in [-0.1, -0.05) is 47.5 Å². The molecule has 0 fully saturated rings. The van der Waals surface area contributed by atoms with Crippen LogP contribution >= 0.6 is 11.6 Å². The molecule has 5 rings (SSSR count). The average molecular weight is 417 g/mol.